The molecule has 0 fully saturated rings. The molecule has 5 aromatic rings. The minimum absolute atomic E-state index is 0.493. The van der Waals surface area contributed by atoms with E-state index in [0.29, 0.717) is 15.7 Å². The zero-order valence-electron chi connectivity index (χ0n) is 17.4. The van der Waals surface area contributed by atoms with Gasteiger partial charge in [0.25, 0.3) is 5.78 Å². The van der Waals surface area contributed by atoms with Gasteiger partial charge in [0.05, 0.1) is 15.2 Å². The Morgan fingerprint density at radius 2 is 1.81 bits per heavy atom. The lowest BCUT2D eigenvalue weighted by molar-refractivity contribution is 0.679. The summed E-state index contributed by atoms with van der Waals surface area (Å²) in [5.41, 5.74) is 3.80. The number of benzene rings is 3. The number of nitrogens with zero attached hydrogens (tertiary/aromatic N) is 5. The highest BCUT2D eigenvalue weighted by Gasteiger charge is 2.15. The van der Waals surface area contributed by atoms with Crippen molar-refractivity contribution in [2.75, 3.05) is 18.2 Å². The molecule has 160 valence electrons. The number of rotatable bonds is 4. The lowest BCUT2D eigenvalue weighted by atomic mass is 10.0. The minimum atomic E-state index is -2.74. The highest BCUT2D eigenvalue weighted by Crippen LogP contribution is 2.33. The molecule has 0 radical (unpaired) electrons. The Hall–Kier alpha value is -3.49. The average Bonchev–Trinajstić information content (AvgIpc) is 3.26. The molecule has 0 amide bonds. The molecule has 32 heavy (non-hydrogen) atoms. The van der Waals surface area contributed by atoms with Crippen molar-refractivity contribution in [3.8, 4) is 11.1 Å². The second kappa shape index (κ2) is 7.58. The first-order valence-corrected chi connectivity index (χ1v) is 12.1. The predicted octanol–water partition coefficient (Wildman–Crippen LogP) is 5.40. The van der Waals surface area contributed by atoms with E-state index in [1.165, 1.54) is 6.26 Å². The second-order valence-corrected chi connectivity index (χ2v) is 10.2. The first-order valence-electron chi connectivity index (χ1n) is 9.78. The normalized spacial score (nSPS) is 13.3. The van der Waals surface area contributed by atoms with Gasteiger partial charge in [-0.3, -0.25) is 4.40 Å². The lowest BCUT2D eigenvalue weighted by Gasteiger charge is -2.21. The largest absolute Gasteiger partial charge is 0.329 e. The fraction of sp³-hybridized carbons (Fsp3) is 0.0870. The minimum Gasteiger partial charge on any atom is -0.329 e. The van der Waals surface area contributed by atoms with Crippen LogP contribution in [-0.4, -0.2) is 37.1 Å². The van der Waals surface area contributed by atoms with E-state index in [2.05, 4.69) is 16.3 Å². The molecule has 0 saturated carbocycles. The van der Waals surface area contributed by atoms with Crippen molar-refractivity contribution in [1.29, 1.82) is 4.78 Å². The Balaban J connectivity index is 1.60. The molecule has 9 heteroatoms. The van der Waals surface area contributed by atoms with E-state index in [-0.39, 0.29) is 0 Å². The lowest BCUT2D eigenvalue weighted by Crippen LogP contribution is -2.13. The summed E-state index contributed by atoms with van der Waals surface area (Å²) >= 11 is 6.24. The van der Waals surface area contributed by atoms with Crippen LogP contribution in [0.1, 0.15) is 0 Å². The van der Waals surface area contributed by atoms with Gasteiger partial charge in [0.15, 0.2) is 0 Å². The summed E-state index contributed by atoms with van der Waals surface area (Å²) < 4.78 is 21.5. The molecule has 0 aliphatic heterocycles. The fourth-order valence-electron chi connectivity index (χ4n) is 3.70. The van der Waals surface area contributed by atoms with Gasteiger partial charge < -0.3 is 4.90 Å². The number of aromatic nitrogens is 4. The number of halogens is 1. The number of fused-ring (bicyclic) bond motifs is 3. The van der Waals surface area contributed by atoms with E-state index in [4.69, 9.17) is 21.4 Å². The van der Waals surface area contributed by atoms with Crippen LogP contribution < -0.4 is 4.90 Å². The Labute approximate surface area is 190 Å². The molecule has 0 bridgehead atoms. The molecule has 1 N–H and O–H groups in total. The van der Waals surface area contributed by atoms with Crippen LogP contribution in [0.5, 0.6) is 0 Å². The van der Waals surface area contributed by atoms with Crippen molar-refractivity contribution in [3.05, 3.63) is 78.1 Å². The Kier molecular flexibility index (Phi) is 4.83. The van der Waals surface area contributed by atoms with Crippen LogP contribution in [0.4, 0.5) is 11.5 Å². The fourth-order valence-corrected chi connectivity index (χ4v) is 4.52. The van der Waals surface area contributed by atoms with Crippen LogP contribution >= 0.6 is 11.6 Å². The molecular weight excluding hydrogens is 444 g/mol. The number of hydrogen-bond donors (Lipinski definition) is 1. The molecule has 0 aliphatic rings. The van der Waals surface area contributed by atoms with Gasteiger partial charge >= 0.3 is 0 Å². The summed E-state index contributed by atoms with van der Waals surface area (Å²) in [6, 6.07) is 21.0. The van der Waals surface area contributed by atoms with E-state index in [1.807, 2.05) is 64.9 Å². The molecular formula is C23H19ClN6OS. The summed E-state index contributed by atoms with van der Waals surface area (Å²) in [7, 11) is -0.779. The van der Waals surface area contributed by atoms with Gasteiger partial charge in [-0.05, 0) is 53.6 Å². The van der Waals surface area contributed by atoms with Crippen LogP contribution in [0.3, 0.4) is 0 Å². The van der Waals surface area contributed by atoms with Gasteiger partial charge in [-0.25, -0.2) is 8.99 Å². The number of anilines is 2. The molecule has 0 aliphatic carbocycles. The molecule has 3 aromatic carbocycles. The zero-order chi connectivity index (χ0) is 22.5. The third-order valence-corrected chi connectivity index (χ3v) is 6.79. The zero-order valence-corrected chi connectivity index (χ0v) is 18.9. The molecule has 1 unspecified atom stereocenters. The van der Waals surface area contributed by atoms with E-state index in [9.17, 15) is 4.21 Å². The second-order valence-electron chi connectivity index (χ2n) is 7.58. The highest BCUT2D eigenvalue weighted by atomic mass is 35.5. The molecule has 2 aromatic heterocycles. The molecule has 1 atom stereocenters. The van der Waals surface area contributed by atoms with Crippen molar-refractivity contribution in [3.63, 3.8) is 0 Å². The average molecular weight is 463 g/mol. The third-order valence-electron chi connectivity index (χ3n) is 5.38. The van der Waals surface area contributed by atoms with E-state index < -0.39 is 9.73 Å². The van der Waals surface area contributed by atoms with Gasteiger partial charge in [-0.15, -0.1) is 10.2 Å². The van der Waals surface area contributed by atoms with Crippen LogP contribution in [-0.2, 0) is 9.73 Å². The maximum Gasteiger partial charge on any atom is 0.257 e. The van der Waals surface area contributed by atoms with Crippen LogP contribution in [0.15, 0.2) is 78.0 Å². The Bertz CT molecular complexity index is 1580. The van der Waals surface area contributed by atoms with Crippen molar-refractivity contribution in [2.24, 2.45) is 0 Å². The molecule has 0 spiro atoms. The first kappa shape index (κ1) is 20.4. The smallest absolute Gasteiger partial charge is 0.257 e. The van der Waals surface area contributed by atoms with Crippen molar-refractivity contribution in [2.45, 2.75) is 4.90 Å². The van der Waals surface area contributed by atoms with E-state index in [0.717, 1.165) is 33.5 Å². The first-order chi connectivity index (χ1) is 15.3. The number of hydrogen-bond acceptors (Lipinski definition) is 6. The monoisotopic (exact) mass is 462 g/mol. The van der Waals surface area contributed by atoms with Gasteiger partial charge in [-0.1, -0.05) is 35.9 Å². The van der Waals surface area contributed by atoms with Crippen LogP contribution in [0.25, 0.3) is 27.8 Å². The summed E-state index contributed by atoms with van der Waals surface area (Å²) in [5.74, 6) is 1.23. The summed E-state index contributed by atoms with van der Waals surface area (Å²) in [4.78, 5) is 7.25. The Morgan fingerprint density at radius 1 is 1.03 bits per heavy atom. The predicted molar refractivity (Wildman–Crippen MR) is 128 cm³/mol. The molecule has 0 saturated heterocycles. The maximum atomic E-state index is 12.0. The van der Waals surface area contributed by atoms with Gasteiger partial charge in [-0.2, -0.15) is 4.98 Å². The van der Waals surface area contributed by atoms with Crippen LogP contribution in [0, 0.1) is 4.78 Å². The van der Waals surface area contributed by atoms with Crippen molar-refractivity contribution >= 4 is 49.5 Å². The van der Waals surface area contributed by atoms with Gasteiger partial charge in [0, 0.05) is 34.3 Å². The molecule has 2 heterocycles. The quantitative estimate of drug-likeness (QED) is 0.386. The SMILES string of the molecule is CN(c1cccc(-c2ccc(S(C)(=N)=O)cc2)c1)c1nc2nncn2c2cc(Cl)ccc12. The summed E-state index contributed by atoms with van der Waals surface area (Å²) in [6.45, 7) is 0. The topological polar surface area (TPSA) is 87.2 Å². The van der Waals surface area contributed by atoms with Crippen molar-refractivity contribution < 1.29 is 4.21 Å². The Morgan fingerprint density at radius 3 is 2.56 bits per heavy atom. The van der Waals surface area contributed by atoms with E-state index in [1.54, 1.807) is 18.5 Å². The number of nitrogens with one attached hydrogen (secondary N) is 1. The third kappa shape index (κ3) is 3.57. The maximum absolute atomic E-state index is 12.0. The van der Waals surface area contributed by atoms with Gasteiger partial charge in [0.1, 0.15) is 12.1 Å². The highest BCUT2D eigenvalue weighted by molar-refractivity contribution is 7.91. The summed E-state index contributed by atoms with van der Waals surface area (Å²) in [6.07, 6.45) is 3.05. The molecule has 7 nitrogen and oxygen atoms in total. The van der Waals surface area contributed by atoms with Crippen molar-refractivity contribution in [1.82, 2.24) is 19.6 Å². The van der Waals surface area contributed by atoms with Gasteiger partial charge in [0.2, 0.25) is 0 Å². The molecule has 5 rings (SSSR count). The van der Waals surface area contributed by atoms with Crippen LogP contribution in [0.2, 0.25) is 5.02 Å². The summed E-state index contributed by atoms with van der Waals surface area (Å²) in [5, 5.41) is 9.66. The standard InChI is InChI=1S/C23H19ClN6OS/c1-29(22-20-11-8-17(24)13-21(20)30-14-26-28-23(30)27-22)18-5-3-4-16(12-18)15-6-9-19(10-7-15)32(2,25)31/h3-14,25H,1-2H3. The van der Waals surface area contributed by atoms with E-state index >= 15 is 0 Å².